The number of thiazole rings is 1. The monoisotopic (exact) mass is 266 g/mol. The summed E-state index contributed by atoms with van der Waals surface area (Å²) in [5.41, 5.74) is 2.36. The van der Waals surface area contributed by atoms with Crippen molar-refractivity contribution in [3.05, 3.63) is 50.9 Å². The minimum Gasteiger partial charge on any atom is -0.313 e. The average Bonchev–Trinajstić information content (AvgIpc) is 2.81. The van der Waals surface area contributed by atoms with Gasteiger partial charge in [-0.05, 0) is 23.7 Å². The van der Waals surface area contributed by atoms with E-state index in [0.717, 1.165) is 35.1 Å². The summed E-state index contributed by atoms with van der Waals surface area (Å²) >= 11 is 7.92. The number of aromatic nitrogens is 1. The van der Waals surface area contributed by atoms with Gasteiger partial charge in [0.25, 0.3) is 0 Å². The van der Waals surface area contributed by atoms with Gasteiger partial charge in [-0.2, -0.15) is 0 Å². The van der Waals surface area contributed by atoms with Crippen LogP contribution in [0.25, 0.3) is 0 Å². The Hall–Kier alpha value is -0.900. The van der Waals surface area contributed by atoms with Crippen molar-refractivity contribution in [2.75, 3.05) is 6.54 Å². The maximum Gasteiger partial charge on any atom is 0.0968 e. The van der Waals surface area contributed by atoms with Crippen molar-refractivity contribution in [3.8, 4) is 0 Å². The Morgan fingerprint density at radius 2 is 2.29 bits per heavy atom. The molecule has 1 aromatic heterocycles. The topological polar surface area (TPSA) is 24.9 Å². The first-order valence-electron chi connectivity index (χ1n) is 5.66. The Labute approximate surface area is 111 Å². The molecule has 0 aliphatic heterocycles. The molecule has 0 bridgehead atoms. The standard InChI is InChI=1S/C13H15ClN2S/c1-2-15-9-11-4-3-10(7-12(11)14)8-13-16-5-6-17-13/h3-7,15H,2,8-9H2,1H3. The van der Waals surface area contributed by atoms with Crippen molar-refractivity contribution in [1.29, 1.82) is 0 Å². The van der Waals surface area contributed by atoms with Gasteiger partial charge in [0.15, 0.2) is 0 Å². The molecule has 0 aliphatic rings. The van der Waals surface area contributed by atoms with Crippen LogP contribution in [-0.2, 0) is 13.0 Å². The fraction of sp³-hybridized carbons (Fsp3) is 0.308. The van der Waals surface area contributed by atoms with Gasteiger partial charge < -0.3 is 5.32 Å². The number of nitrogens with zero attached hydrogens (tertiary/aromatic N) is 1. The van der Waals surface area contributed by atoms with Gasteiger partial charge >= 0.3 is 0 Å². The van der Waals surface area contributed by atoms with E-state index in [4.69, 9.17) is 11.6 Å². The van der Waals surface area contributed by atoms with E-state index in [1.165, 1.54) is 5.56 Å². The molecule has 0 spiro atoms. The maximum atomic E-state index is 6.25. The maximum absolute atomic E-state index is 6.25. The molecule has 0 atom stereocenters. The van der Waals surface area contributed by atoms with Gasteiger partial charge in [-0.3, -0.25) is 0 Å². The number of benzene rings is 1. The lowest BCUT2D eigenvalue weighted by molar-refractivity contribution is 0.727. The second kappa shape index (κ2) is 6.15. The number of hydrogen-bond acceptors (Lipinski definition) is 3. The van der Waals surface area contributed by atoms with Crippen LogP contribution >= 0.6 is 22.9 Å². The van der Waals surface area contributed by atoms with E-state index in [1.54, 1.807) is 11.3 Å². The fourth-order valence-electron chi connectivity index (χ4n) is 1.62. The lowest BCUT2D eigenvalue weighted by Gasteiger charge is -2.06. The average molecular weight is 267 g/mol. The van der Waals surface area contributed by atoms with Crippen molar-refractivity contribution in [1.82, 2.24) is 10.3 Å². The predicted molar refractivity (Wildman–Crippen MR) is 73.8 cm³/mol. The molecule has 17 heavy (non-hydrogen) atoms. The SMILES string of the molecule is CCNCc1ccc(Cc2nccs2)cc1Cl. The van der Waals surface area contributed by atoms with E-state index in [2.05, 4.69) is 29.4 Å². The van der Waals surface area contributed by atoms with Crippen LogP contribution in [0.15, 0.2) is 29.8 Å². The third-order valence-corrected chi connectivity index (χ3v) is 3.65. The van der Waals surface area contributed by atoms with Crippen LogP contribution in [0.2, 0.25) is 5.02 Å². The van der Waals surface area contributed by atoms with Crippen molar-refractivity contribution >= 4 is 22.9 Å². The third-order valence-electron chi connectivity index (χ3n) is 2.52. The highest BCUT2D eigenvalue weighted by Gasteiger charge is 2.03. The minimum atomic E-state index is 0.826. The van der Waals surface area contributed by atoms with E-state index in [1.807, 2.05) is 17.6 Å². The zero-order valence-electron chi connectivity index (χ0n) is 9.74. The van der Waals surface area contributed by atoms with Gasteiger partial charge in [-0.25, -0.2) is 4.98 Å². The highest BCUT2D eigenvalue weighted by Crippen LogP contribution is 2.20. The molecule has 2 nitrogen and oxygen atoms in total. The summed E-state index contributed by atoms with van der Waals surface area (Å²) in [5.74, 6) is 0. The van der Waals surface area contributed by atoms with E-state index >= 15 is 0 Å². The second-order valence-electron chi connectivity index (χ2n) is 3.81. The van der Waals surface area contributed by atoms with Crippen LogP contribution < -0.4 is 5.32 Å². The van der Waals surface area contributed by atoms with Crippen molar-refractivity contribution in [2.45, 2.75) is 19.9 Å². The summed E-state index contributed by atoms with van der Waals surface area (Å²) in [5, 5.41) is 7.23. The summed E-state index contributed by atoms with van der Waals surface area (Å²) in [7, 11) is 0. The first-order valence-corrected chi connectivity index (χ1v) is 6.91. The number of hydrogen-bond donors (Lipinski definition) is 1. The van der Waals surface area contributed by atoms with Gasteiger partial charge in [-0.1, -0.05) is 30.7 Å². The highest BCUT2D eigenvalue weighted by molar-refractivity contribution is 7.09. The lowest BCUT2D eigenvalue weighted by Crippen LogP contribution is -2.12. The molecule has 1 heterocycles. The molecular weight excluding hydrogens is 252 g/mol. The van der Waals surface area contributed by atoms with Crippen LogP contribution in [0, 0.1) is 0 Å². The summed E-state index contributed by atoms with van der Waals surface area (Å²) in [4.78, 5) is 4.28. The van der Waals surface area contributed by atoms with Gasteiger partial charge in [0.2, 0.25) is 0 Å². The van der Waals surface area contributed by atoms with Crippen LogP contribution in [0.1, 0.15) is 23.1 Å². The van der Waals surface area contributed by atoms with E-state index in [-0.39, 0.29) is 0 Å². The van der Waals surface area contributed by atoms with Gasteiger partial charge in [0.05, 0.1) is 5.01 Å². The molecule has 1 aromatic carbocycles. The fourth-order valence-corrected chi connectivity index (χ4v) is 2.54. The third kappa shape index (κ3) is 3.53. The summed E-state index contributed by atoms with van der Waals surface area (Å²) in [6.45, 7) is 3.87. The van der Waals surface area contributed by atoms with E-state index < -0.39 is 0 Å². The summed E-state index contributed by atoms with van der Waals surface area (Å²) < 4.78 is 0. The Balaban J connectivity index is 2.08. The second-order valence-corrected chi connectivity index (χ2v) is 5.20. The largest absolute Gasteiger partial charge is 0.313 e. The van der Waals surface area contributed by atoms with Gasteiger partial charge in [0.1, 0.15) is 0 Å². The van der Waals surface area contributed by atoms with Crippen LogP contribution in [0.4, 0.5) is 0 Å². The van der Waals surface area contributed by atoms with Crippen LogP contribution in [0.5, 0.6) is 0 Å². The van der Waals surface area contributed by atoms with Crippen LogP contribution in [-0.4, -0.2) is 11.5 Å². The first kappa shape index (κ1) is 12.6. The number of nitrogens with one attached hydrogen (secondary N) is 1. The molecule has 0 radical (unpaired) electrons. The van der Waals surface area contributed by atoms with Gasteiger partial charge in [-0.15, -0.1) is 11.3 Å². The molecule has 4 heteroatoms. The molecule has 0 saturated carbocycles. The summed E-state index contributed by atoms with van der Waals surface area (Å²) in [6.07, 6.45) is 2.69. The van der Waals surface area contributed by atoms with Crippen molar-refractivity contribution in [2.24, 2.45) is 0 Å². The Bertz CT molecular complexity index is 468. The van der Waals surface area contributed by atoms with E-state index in [9.17, 15) is 0 Å². The molecular formula is C13H15ClN2S. The Morgan fingerprint density at radius 3 is 2.94 bits per heavy atom. The number of rotatable bonds is 5. The quantitative estimate of drug-likeness (QED) is 0.896. The smallest absolute Gasteiger partial charge is 0.0968 e. The molecule has 0 unspecified atom stereocenters. The Kier molecular flexibility index (Phi) is 4.54. The van der Waals surface area contributed by atoms with E-state index in [0.29, 0.717) is 0 Å². The molecule has 0 amide bonds. The molecule has 2 aromatic rings. The summed E-state index contributed by atoms with van der Waals surface area (Å²) in [6, 6.07) is 6.25. The van der Waals surface area contributed by atoms with Crippen molar-refractivity contribution in [3.63, 3.8) is 0 Å². The number of halogens is 1. The first-order chi connectivity index (χ1) is 8.29. The van der Waals surface area contributed by atoms with Crippen LogP contribution in [0.3, 0.4) is 0 Å². The molecule has 2 rings (SSSR count). The normalized spacial score (nSPS) is 10.7. The zero-order valence-corrected chi connectivity index (χ0v) is 11.3. The molecule has 1 N–H and O–H groups in total. The lowest BCUT2D eigenvalue weighted by atomic mass is 10.1. The minimum absolute atomic E-state index is 0.826. The van der Waals surface area contributed by atoms with Crippen molar-refractivity contribution < 1.29 is 0 Å². The molecule has 0 fully saturated rings. The van der Waals surface area contributed by atoms with Gasteiger partial charge in [0, 0.05) is 29.6 Å². The zero-order chi connectivity index (χ0) is 12.1. The predicted octanol–water partition coefficient (Wildman–Crippen LogP) is 3.50. The highest BCUT2D eigenvalue weighted by atomic mass is 35.5. The molecule has 0 aliphatic carbocycles. The molecule has 90 valence electrons. The Morgan fingerprint density at radius 1 is 1.41 bits per heavy atom. The molecule has 0 saturated heterocycles.